The van der Waals surface area contributed by atoms with Crippen LogP contribution in [0.4, 0.5) is 17.1 Å². The number of rotatable bonds is 10. The van der Waals surface area contributed by atoms with Crippen LogP contribution in [0.1, 0.15) is 17.3 Å². The van der Waals surface area contributed by atoms with E-state index in [9.17, 15) is 36.9 Å². The monoisotopic (exact) mass is 542 g/mol. The van der Waals surface area contributed by atoms with Crippen LogP contribution in [0.15, 0.2) is 58.6 Å². The fraction of sp³-hybridized carbons (Fsp3) is 0.238. The Morgan fingerprint density at radius 1 is 0.917 bits per heavy atom. The van der Waals surface area contributed by atoms with Gasteiger partial charge in [-0.05, 0) is 55.5 Å². The van der Waals surface area contributed by atoms with Crippen LogP contribution in [0.25, 0.3) is 0 Å². The molecule has 0 saturated carbocycles. The molecule has 3 rings (SSSR count). The topological polar surface area (TPSA) is 207 Å². The van der Waals surface area contributed by atoms with Crippen molar-refractivity contribution in [3.8, 4) is 0 Å². The molecular weight excluding hydrogens is 516 g/mol. The standard InChI is InChI=1S/C21H26N4O9S2/c1-14-19(20(26)25(23-14)18-6-2-15(3-7-18)21(27)28)22-16-4-8-17(9-5-16)24(10-12-35(29,30)31)11-13-36(32,33)34/h2-9,29-34H,10-13H2,1H3,(H,27,28). The third-order valence-corrected chi connectivity index (χ3v) is 6.53. The normalized spacial score (nSPS) is 16.3. The highest BCUT2D eigenvalue weighted by molar-refractivity contribution is 8.19. The Kier molecular flexibility index (Phi) is 8.37. The van der Waals surface area contributed by atoms with Crippen LogP contribution in [0.3, 0.4) is 0 Å². The number of aliphatic imine (C=N–C) groups is 1. The van der Waals surface area contributed by atoms with E-state index in [4.69, 9.17) is 5.11 Å². The fourth-order valence-corrected chi connectivity index (χ4v) is 4.18. The van der Waals surface area contributed by atoms with Crippen molar-refractivity contribution in [1.82, 2.24) is 0 Å². The lowest BCUT2D eigenvalue weighted by Gasteiger charge is -2.30. The third-order valence-electron chi connectivity index (χ3n) is 5.07. The molecular formula is C21H26N4O9S2. The molecule has 0 aromatic heterocycles. The predicted molar refractivity (Wildman–Crippen MR) is 140 cm³/mol. The SMILES string of the molecule is CC1=NN(c2ccc(C(=O)O)cc2)C(=O)C1=Nc1ccc(N(CCS(O)(O)O)CCS(O)(O)O)cc1. The maximum atomic E-state index is 12.9. The van der Waals surface area contributed by atoms with Gasteiger partial charge in [0.1, 0.15) is 0 Å². The minimum absolute atomic E-state index is 0.0535. The Morgan fingerprint density at radius 3 is 1.92 bits per heavy atom. The summed E-state index contributed by atoms with van der Waals surface area (Å²) in [5, 5.41) is 14.4. The summed E-state index contributed by atoms with van der Waals surface area (Å²) >= 11 is 0. The zero-order valence-corrected chi connectivity index (χ0v) is 20.6. The molecule has 15 heteroatoms. The van der Waals surface area contributed by atoms with E-state index in [1.54, 1.807) is 31.2 Å². The molecule has 0 aliphatic carbocycles. The van der Waals surface area contributed by atoms with Crippen molar-refractivity contribution < 1.29 is 42.0 Å². The van der Waals surface area contributed by atoms with Crippen LogP contribution in [0.2, 0.25) is 0 Å². The molecule has 196 valence electrons. The summed E-state index contributed by atoms with van der Waals surface area (Å²) in [6.07, 6.45) is 0. The maximum Gasteiger partial charge on any atom is 0.335 e. The predicted octanol–water partition coefficient (Wildman–Crippen LogP) is 4.13. The zero-order chi connectivity index (χ0) is 26.7. The minimum Gasteiger partial charge on any atom is -0.478 e. The molecule has 1 amide bonds. The molecule has 36 heavy (non-hydrogen) atoms. The second-order valence-corrected chi connectivity index (χ2v) is 11.1. The molecule has 2 aromatic carbocycles. The van der Waals surface area contributed by atoms with Gasteiger partial charge in [-0.25, -0.2) is 9.79 Å². The van der Waals surface area contributed by atoms with E-state index in [-0.39, 0.29) is 24.4 Å². The molecule has 2 aromatic rings. The first kappa shape index (κ1) is 27.6. The Balaban J connectivity index is 1.78. The number of carboxylic acid groups (broad SMARTS) is 1. The lowest BCUT2D eigenvalue weighted by atomic mass is 10.2. The summed E-state index contributed by atoms with van der Waals surface area (Å²) in [5.41, 5.74) is 1.80. The summed E-state index contributed by atoms with van der Waals surface area (Å²) in [4.78, 5) is 29.8. The van der Waals surface area contributed by atoms with Crippen LogP contribution in [-0.4, -0.2) is 80.3 Å². The van der Waals surface area contributed by atoms with E-state index in [1.807, 2.05) is 0 Å². The van der Waals surface area contributed by atoms with Crippen LogP contribution in [0, 0.1) is 0 Å². The molecule has 0 atom stereocenters. The first-order valence-electron chi connectivity index (χ1n) is 10.4. The van der Waals surface area contributed by atoms with Crippen molar-refractivity contribution in [2.75, 3.05) is 34.5 Å². The van der Waals surface area contributed by atoms with Crippen LogP contribution in [-0.2, 0) is 4.79 Å². The number of nitrogens with zero attached hydrogens (tertiary/aromatic N) is 4. The van der Waals surface area contributed by atoms with Crippen molar-refractivity contribution in [3.05, 3.63) is 54.1 Å². The number of hydrogen-bond acceptors (Lipinski definition) is 11. The number of carbonyl (C=O) groups is 2. The van der Waals surface area contributed by atoms with E-state index in [2.05, 4.69) is 10.1 Å². The average Bonchev–Trinajstić information content (AvgIpc) is 3.07. The van der Waals surface area contributed by atoms with E-state index in [1.165, 1.54) is 29.2 Å². The summed E-state index contributed by atoms with van der Waals surface area (Å²) in [6, 6.07) is 12.0. The van der Waals surface area contributed by atoms with Gasteiger partial charge in [0.05, 0.1) is 55.9 Å². The molecule has 7 N–H and O–H groups in total. The largest absolute Gasteiger partial charge is 0.478 e. The van der Waals surface area contributed by atoms with Gasteiger partial charge in [-0.15, -0.1) is 0 Å². The molecule has 1 heterocycles. The third kappa shape index (κ3) is 7.49. The van der Waals surface area contributed by atoms with Crippen LogP contribution < -0.4 is 9.91 Å². The number of amides is 1. The molecule has 0 bridgehead atoms. The molecule has 1 aliphatic heterocycles. The van der Waals surface area contributed by atoms with E-state index in [0.717, 1.165) is 5.01 Å². The number of aromatic carboxylic acids is 1. The molecule has 0 unspecified atom stereocenters. The summed E-state index contributed by atoms with van der Waals surface area (Å²) < 4.78 is 55.6. The van der Waals surface area contributed by atoms with Crippen molar-refractivity contribution in [2.45, 2.75) is 6.92 Å². The van der Waals surface area contributed by atoms with Crippen molar-refractivity contribution in [3.63, 3.8) is 0 Å². The van der Waals surface area contributed by atoms with Crippen molar-refractivity contribution in [2.24, 2.45) is 10.1 Å². The van der Waals surface area contributed by atoms with Gasteiger partial charge in [-0.3, -0.25) is 4.79 Å². The number of carbonyl (C=O) groups excluding carboxylic acids is 1. The second kappa shape index (κ2) is 10.9. The highest BCUT2D eigenvalue weighted by Gasteiger charge is 2.30. The van der Waals surface area contributed by atoms with Crippen LogP contribution >= 0.6 is 21.7 Å². The van der Waals surface area contributed by atoms with Gasteiger partial charge in [-0.1, -0.05) is 0 Å². The highest BCUT2D eigenvalue weighted by Crippen LogP contribution is 2.35. The number of benzene rings is 2. The summed E-state index contributed by atoms with van der Waals surface area (Å²) in [5.74, 6) is -2.38. The van der Waals surface area contributed by atoms with Crippen molar-refractivity contribution in [1.29, 1.82) is 0 Å². The first-order chi connectivity index (χ1) is 16.7. The van der Waals surface area contributed by atoms with Gasteiger partial charge in [0, 0.05) is 18.8 Å². The quantitative estimate of drug-likeness (QED) is 0.228. The van der Waals surface area contributed by atoms with E-state index < -0.39 is 45.1 Å². The summed E-state index contributed by atoms with van der Waals surface area (Å²) in [7, 11) is -7.56. The minimum atomic E-state index is -3.78. The maximum absolute atomic E-state index is 12.9. The first-order valence-corrected chi connectivity index (χ1v) is 13.7. The van der Waals surface area contributed by atoms with Gasteiger partial charge in [0.15, 0.2) is 5.71 Å². The smallest absolute Gasteiger partial charge is 0.335 e. The van der Waals surface area contributed by atoms with Gasteiger partial charge >= 0.3 is 5.97 Å². The zero-order valence-electron chi connectivity index (χ0n) is 19.0. The van der Waals surface area contributed by atoms with E-state index in [0.29, 0.717) is 22.8 Å². The Labute approximate surface area is 209 Å². The van der Waals surface area contributed by atoms with Gasteiger partial charge in [0.2, 0.25) is 0 Å². The molecule has 1 aliphatic rings. The molecule has 0 fully saturated rings. The molecule has 0 radical (unpaired) electrons. The van der Waals surface area contributed by atoms with Gasteiger partial charge in [-0.2, -0.15) is 10.1 Å². The molecule has 13 nitrogen and oxygen atoms in total. The van der Waals surface area contributed by atoms with Crippen LogP contribution in [0.5, 0.6) is 0 Å². The van der Waals surface area contributed by atoms with Crippen molar-refractivity contribution >= 4 is 62.1 Å². The van der Waals surface area contributed by atoms with Gasteiger partial charge in [0.25, 0.3) is 5.91 Å². The number of carboxylic acids is 1. The van der Waals surface area contributed by atoms with E-state index >= 15 is 0 Å². The second-order valence-electron chi connectivity index (χ2n) is 7.79. The molecule has 0 spiro atoms. The lowest BCUT2D eigenvalue weighted by molar-refractivity contribution is -0.112. The number of hydrazone groups is 1. The number of hydrogen-bond donors (Lipinski definition) is 7. The fourth-order valence-electron chi connectivity index (χ4n) is 3.25. The Hall–Kier alpha value is -3.02. The lowest BCUT2D eigenvalue weighted by Crippen LogP contribution is -2.32. The Bertz CT molecular complexity index is 1160. The Morgan fingerprint density at radius 2 is 1.44 bits per heavy atom. The average molecular weight is 543 g/mol. The highest BCUT2D eigenvalue weighted by atomic mass is 32.3. The molecule has 0 saturated heterocycles. The van der Waals surface area contributed by atoms with Gasteiger partial charge < -0.3 is 37.3 Å². The summed E-state index contributed by atoms with van der Waals surface area (Å²) in [6.45, 7) is 1.50. The number of anilines is 2.